The lowest BCUT2D eigenvalue weighted by molar-refractivity contribution is 0.252. The molecule has 124 valence electrons. The Morgan fingerprint density at radius 1 is 1.17 bits per heavy atom. The number of sulfone groups is 1. The van der Waals surface area contributed by atoms with Gasteiger partial charge in [-0.1, -0.05) is 34.1 Å². The first kappa shape index (κ1) is 18.1. The topological polar surface area (TPSA) is 37.4 Å². The second-order valence-corrected chi connectivity index (χ2v) is 8.54. The third kappa shape index (κ3) is 4.62. The maximum absolute atomic E-state index is 13.1. The largest absolute Gasteiger partial charge is 0.295 e. The number of rotatable bonds is 5. The summed E-state index contributed by atoms with van der Waals surface area (Å²) in [6.07, 6.45) is 1.20. The summed E-state index contributed by atoms with van der Waals surface area (Å²) in [5.74, 6) is -0.271. The Bertz CT molecular complexity index is 791. The van der Waals surface area contributed by atoms with Gasteiger partial charge in [0.1, 0.15) is 5.82 Å². The van der Waals surface area contributed by atoms with E-state index in [0.29, 0.717) is 11.4 Å². The van der Waals surface area contributed by atoms with Crippen LogP contribution >= 0.6 is 15.9 Å². The zero-order valence-electron chi connectivity index (χ0n) is 13.3. The van der Waals surface area contributed by atoms with Crippen molar-refractivity contribution in [3.8, 4) is 0 Å². The van der Waals surface area contributed by atoms with Crippen LogP contribution in [0.5, 0.6) is 0 Å². The summed E-state index contributed by atoms with van der Waals surface area (Å²) in [5.41, 5.74) is 2.02. The molecule has 2 aromatic carbocycles. The number of halogens is 2. The fraction of sp³-hybridized carbons (Fsp3) is 0.294. The Morgan fingerprint density at radius 2 is 1.78 bits per heavy atom. The summed E-state index contributed by atoms with van der Waals surface area (Å²) in [6.45, 7) is 2.70. The van der Waals surface area contributed by atoms with Gasteiger partial charge < -0.3 is 0 Å². The van der Waals surface area contributed by atoms with Crippen molar-refractivity contribution in [1.82, 2.24) is 4.90 Å². The van der Waals surface area contributed by atoms with Crippen LogP contribution in [0.1, 0.15) is 24.1 Å². The van der Waals surface area contributed by atoms with Crippen molar-refractivity contribution in [2.24, 2.45) is 0 Å². The molecule has 0 radical (unpaired) electrons. The molecule has 0 amide bonds. The number of hydrogen-bond donors (Lipinski definition) is 0. The summed E-state index contributed by atoms with van der Waals surface area (Å²) in [4.78, 5) is 2.44. The average molecular weight is 400 g/mol. The molecule has 23 heavy (non-hydrogen) atoms. The van der Waals surface area contributed by atoms with Gasteiger partial charge in [-0.25, -0.2) is 12.8 Å². The van der Waals surface area contributed by atoms with Crippen LogP contribution in [0.4, 0.5) is 4.39 Å². The average Bonchev–Trinajstić information content (AvgIpc) is 2.48. The smallest absolute Gasteiger partial charge is 0.175 e. The summed E-state index contributed by atoms with van der Waals surface area (Å²) >= 11 is 3.38. The molecule has 0 N–H and O–H groups in total. The molecule has 6 heteroatoms. The first-order chi connectivity index (χ1) is 10.7. The molecular weight excluding hydrogens is 381 g/mol. The van der Waals surface area contributed by atoms with E-state index in [2.05, 4.69) is 20.8 Å². The number of hydrogen-bond acceptors (Lipinski definition) is 3. The molecule has 0 aromatic heterocycles. The summed E-state index contributed by atoms with van der Waals surface area (Å²) < 4.78 is 36.9. The highest BCUT2D eigenvalue weighted by molar-refractivity contribution is 9.10. The van der Waals surface area contributed by atoms with E-state index < -0.39 is 9.84 Å². The Morgan fingerprint density at radius 3 is 2.30 bits per heavy atom. The molecule has 0 saturated carbocycles. The molecule has 0 heterocycles. The van der Waals surface area contributed by atoms with E-state index in [4.69, 9.17) is 0 Å². The third-order valence-electron chi connectivity index (χ3n) is 3.89. The minimum atomic E-state index is -3.18. The molecule has 0 saturated heterocycles. The van der Waals surface area contributed by atoms with Crippen LogP contribution in [0.25, 0.3) is 0 Å². The fourth-order valence-electron chi connectivity index (χ4n) is 2.30. The number of nitrogens with zero attached hydrogens (tertiary/aromatic N) is 1. The highest BCUT2D eigenvalue weighted by Gasteiger charge is 2.15. The van der Waals surface area contributed by atoms with E-state index in [0.717, 1.165) is 15.6 Å². The molecule has 0 spiro atoms. The van der Waals surface area contributed by atoms with Crippen LogP contribution in [-0.2, 0) is 16.4 Å². The zero-order valence-corrected chi connectivity index (χ0v) is 15.7. The summed E-state index contributed by atoms with van der Waals surface area (Å²) in [5, 5.41) is 0. The molecular formula is C17H19BrFNO2S. The third-order valence-corrected chi connectivity index (χ3v) is 5.75. The van der Waals surface area contributed by atoms with Crippen molar-refractivity contribution in [3.63, 3.8) is 0 Å². The van der Waals surface area contributed by atoms with Crippen LogP contribution in [0.3, 0.4) is 0 Å². The quantitative estimate of drug-likeness (QED) is 0.756. The van der Waals surface area contributed by atoms with Gasteiger partial charge in [-0.15, -0.1) is 0 Å². The minimum Gasteiger partial charge on any atom is -0.295 e. The second kappa shape index (κ2) is 7.11. The van der Waals surface area contributed by atoms with Crippen LogP contribution in [0.15, 0.2) is 51.8 Å². The Balaban J connectivity index is 2.14. The van der Waals surface area contributed by atoms with Crippen LogP contribution in [-0.4, -0.2) is 26.6 Å². The van der Waals surface area contributed by atoms with Gasteiger partial charge in [0.25, 0.3) is 0 Å². The molecule has 2 rings (SSSR count). The lowest BCUT2D eigenvalue weighted by Gasteiger charge is -2.25. The lowest BCUT2D eigenvalue weighted by atomic mass is 10.1. The van der Waals surface area contributed by atoms with Crippen molar-refractivity contribution >= 4 is 25.8 Å². The molecule has 1 unspecified atom stereocenters. The molecule has 0 aliphatic rings. The fourth-order valence-corrected chi connectivity index (χ4v) is 3.41. The van der Waals surface area contributed by atoms with E-state index >= 15 is 0 Å². The molecule has 3 nitrogen and oxygen atoms in total. The van der Waals surface area contributed by atoms with Crippen molar-refractivity contribution < 1.29 is 12.8 Å². The van der Waals surface area contributed by atoms with Gasteiger partial charge >= 0.3 is 0 Å². The lowest BCUT2D eigenvalue weighted by Crippen LogP contribution is -2.22. The van der Waals surface area contributed by atoms with E-state index in [1.165, 1.54) is 18.4 Å². The minimum absolute atomic E-state index is 0.0977. The molecule has 0 fully saturated rings. The Hall–Kier alpha value is -1.24. The maximum atomic E-state index is 13.1. The zero-order chi connectivity index (χ0) is 17.2. The summed E-state index contributed by atoms with van der Waals surface area (Å²) in [7, 11) is -1.20. The Kier molecular flexibility index (Phi) is 5.60. The first-order valence-electron chi connectivity index (χ1n) is 7.12. The van der Waals surface area contributed by atoms with E-state index in [1.54, 1.807) is 18.2 Å². The predicted molar refractivity (Wildman–Crippen MR) is 93.5 cm³/mol. The van der Waals surface area contributed by atoms with Crippen molar-refractivity contribution in [2.45, 2.75) is 24.4 Å². The molecule has 0 bridgehead atoms. The van der Waals surface area contributed by atoms with Crippen molar-refractivity contribution in [1.29, 1.82) is 0 Å². The van der Waals surface area contributed by atoms with Crippen molar-refractivity contribution in [2.75, 3.05) is 13.3 Å². The highest BCUT2D eigenvalue weighted by atomic mass is 79.9. The highest BCUT2D eigenvalue weighted by Crippen LogP contribution is 2.25. The van der Waals surface area contributed by atoms with Gasteiger partial charge in [-0.2, -0.15) is 0 Å². The predicted octanol–water partition coefficient (Wildman–Crippen LogP) is 4.18. The monoisotopic (exact) mass is 399 g/mol. The molecule has 1 atom stereocenters. The standard InChI is InChI=1S/C17H19BrFNO2S/c1-12(13-5-8-16(9-6-13)23(3,21)22)20(2)11-14-4-7-15(19)10-17(14)18/h4-10,12H,11H2,1-3H3. The van der Waals surface area contributed by atoms with Gasteiger partial charge in [0, 0.05) is 23.3 Å². The maximum Gasteiger partial charge on any atom is 0.175 e. The Labute approximate surface area is 145 Å². The molecule has 0 aliphatic heterocycles. The first-order valence-corrected chi connectivity index (χ1v) is 9.81. The molecule has 2 aromatic rings. The van der Waals surface area contributed by atoms with E-state index in [-0.39, 0.29) is 11.9 Å². The van der Waals surface area contributed by atoms with Gasteiger partial charge in [0.2, 0.25) is 0 Å². The SMILES string of the molecule is CC(c1ccc(S(C)(=O)=O)cc1)N(C)Cc1ccc(F)cc1Br. The molecule has 0 aliphatic carbocycles. The van der Waals surface area contributed by atoms with E-state index in [9.17, 15) is 12.8 Å². The van der Waals surface area contributed by atoms with Crippen LogP contribution in [0, 0.1) is 5.82 Å². The summed E-state index contributed by atoms with van der Waals surface area (Å²) in [6, 6.07) is 11.7. The van der Waals surface area contributed by atoms with Gasteiger partial charge in [-0.3, -0.25) is 4.90 Å². The number of benzene rings is 2. The van der Waals surface area contributed by atoms with E-state index in [1.807, 2.05) is 26.1 Å². The van der Waals surface area contributed by atoms with Gasteiger partial charge in [0.05, 0.1) is 4.90 Å². The van der Waals surface area contributed by atoms with Gasteiger partial charge in [0.15, 0.2) is 9.84 Å². The normalized spacial score (nSPS) is 13.3. The van der Waals surface area contributed by atoms with Gasteiger partial charge in [-0.05, 0) is 49.4 Å². The van der Waals surface area contributed by atoms with Crippen molar-refractivity contribution in [3.05, 3.63) is 63.9 Å². The second-order valence-electron chi connectivity index (χ2n) is 5.67. The van der Waals surface area contributed by atoms with Crippen LogP contribution < -0.4 is 0 Å². The van der Waals surface area contributed by atoms with Crippen LogP contribution in [0.2, 0.25) is 0 Å².